The minimum Gasteiger partial charge on any atom is -0.323 e. The molecule has 0 bridgehead atoms. The van der Waals surface area contributed by atoms with Gasteiger partial charge in [-0.3, -0.25) is 0 Å². The number of para-hydroxylation sites is 2. The molecule has 0 amide bonds. The van der Waals surface area contributed by atoms with Gasteiger partial charge in [-0.25, -0.2) is 4.98 Å². The van der Waals surface area contributed by atoms with Crippen LogP contribution in [0.2, 0.25) is 0 Å². The molecular formula is C17H17N3S. The van der Waals surface area contributed by atoms with Crippen LogP contribution in [0.5, 0.6) is 0 Å². The Bertz CT molecular complexity index is 817. The fourth-order valence-corrected chi connectivity index (χ4v) is 3.25. The van der Waals surface area contributed by atoms with Gasteiger partial charge in [0, 0.05) is 16.9 Å². The van der Waals surface area contributed by atoms with Gasteiger partial charge >= 0.3 is 0 Å². The molecule has 21 heavy (non-hydrogen) atoms. The number of imidazole rings is 1. The third-order valence-corrected chi connectivity index (χ3v) is 4.33. The maximum atomic E-state index is 5.47. The second-order valence-corrected chi connectivity index (χ2v) is 5.72. The number of aryl methyl sites for hydroxylation is 1. The Morgan fingerprint density at radius 3 is 2.95 bits per heavy atom. The van der Waals surface area contributed by atoms with Gasteiger partial charge in [0.05, 0.1) is 24.1 Å². The number of aromatic nitrogens is 2. The molecule has 0 saturated heterocycles. The minimum absolute atomic E-state index is 0.392. The van der Waals surface area contributed by atoms with Crippen molar-refractivity contribution in [2.24, 2.45) is 5.73 Å². The first-order chi connectivity index (χ1) is 10.3. The monoisotopic (exact) mass is 295 g/mol. The fourth-order valence-electron chi connectivity index (χ4n) is 2.44. The highest BCUT2D eigenvalue weighted by Crippen LogP contribution is 2.22. The Balaban J connectivity index is 2.04. The first kappa shape index (κ1) is 13.9. The molecule has 2 aromatic heterocycles. The standard InChI is InChI=1S/C17H17N3S/c1-2-17-19-14-7-3-4-8-15(14)20(17)12-16-13(6-5-10-18)9-11-21-16/h3-4,7-9,11H,2,10,12,18H2,1H3. The van der Waals surface area contributed by atoms with Gasteiger partial charge in [-0.2, -0.15) is 0 Å². The maximum Gasteiger partial charge on any atom is 0.109 e. The van der Waals surface area contributed by atoms with Gasteiger partial charge in [-0.15, -0.1) is 11.3 Å². The Labute approximate surface area is 128 Å². The van der Waals surface area contributed by atoms with Crippen LogP contribution < -0.4 is 5.73 Å². The molecule has 0 aliphatic rings. The number of hydrogen-bond donors (Lipinski definition) is 1. The topological polar surface area (TPSA) is 43.8 Å². The van der Waals surface area contributed by atoms with Crippen LogP contribution in [0.25, 0.3) is 11.0 Å². The Morgan fingerprint density at radius 2 is 2.14 bits per heavy atom. The molecule has 0 spiro atoms. The molecule has 106 valence electrons. The number of fused-ring (bicyclic) bond motifs is 1. The molecule has 0 saturated carbocycles. The normalized spacial score (nSPS) is 10.6. The summed E-state index contributed by atoms with van der Waals surface area (Å²) in [6.07, 6.45) is 0.921. The molecule has 3 nitrogen and oxygen atoms in total. The van der Waals surface area contributed by atoms with Crippen molar-refractivity contribution in [3.05, 3.63) is 52.0 Å². The van der Waals surface area contributed by atoms with Crippen LogP contribution in [0.4, 0.5) is 0 Å². The number of nitrogens with two attached hydrogens (primary N) is 1. The Morgan fingerprint density at radius 1 is 1.29 bits per heavy atom. The zero-order valence-electron chi connectivity index (χ0n) is 12.0. The number of hydrogen-bond acceptors (Lipinski definition) is 3. The molecule has 2 N–H and O–H groups in total. The van der Waals surface area contributed by atoms with Crippen molar-refractivity contribution in [3.63, 3.8) is 0 Å². The first-order valence-corrected chi connectivity index (χ1v) is 7.91. The van der Waals surface area contributed by atoms with E-state index in [-0.39, 0.29) is 0 Å². The number of thiophene rings is 1. The van der Waals surface area contributed by atoms with E-state index in [2.05, 4.69) is 53.0 Å². The fraction of sp³-hybridized carbons (Fsp3) is 0.235. The summed E-state index contributed by atoms with van der Waals surface area (Å²) in [4.78, 5) is 5.97. The largest absolute Gasteiger partial charge is 0.323 e. The van der Waals surface area contributed by atoms with E-state index in [0.29, 0.717) is 6.54 Å². The molecule has 2 heterocycles. The lowest BCUT2D eigenvalue weighted by Crippen LogP contribution is -2.04. The molecule has 4 heteroatoms. The lowest BCUT2D eigenvalue weighted by atomic mass is 10.2. The van der Waals surface area contributed by atoms with Gasteiger partial charge < -0.3 is 10.3 Å². The lowest BCUT2D eigenvalue weighted by Gasteiger charge is -2.07. The van der Waals surface area contributed by atoms with E-state index in [9.17, 15) is 0 Å². The van der Waals surface area contributed by atoms with E-state index in [1.54, 1.807) is 11.3 Å². The van der Waals surface area contributed by atoms with Crippen LogP contribution in [-0.4, -0.2) is 16.1 Å². The van der Waals surface area contributed by atoms with Gasteiger partial charge in [0.1, 0.15) is 5.82 Å². The van der Waals surface area contributed by atoms with Gasteiger partial charge in [0.15, 0.2) is 0 Å². The molecule has 0 fully saturated rings. The van der Waals surface area contributed by atoms with Gasteiger partial charge in [0.2, 0.25) is 0 Å². The second kappa shape index (κ2) is 6.13. The van der Waals surface area contributed by atoms with Gasteiger partial charge in [-0.05, 0) is 23.6 Å². The lowest BCUT2D eigenvalue weighted by molar-refractivity contribution is 0.761. The van der Waals surface area contributed by atoms with Crippen molar-refractivity contribution in [1.82, 2.24) is 9.55 Å². The van der Waals surface area contributed by atoms with Crippen LogP contribution in [-0.2, 0) is 13.0 Å². The number of benzene rings is 1. The van der Waals surface area contributed by atoms with Crippen LogP contribution in [0, 0.1) is 11.8 Å². The summed E-state index contributed by atoms with van der Waals surface area (Å²) in [5, 5.41) is 2.08. The molecule has 3 aromatic rings. The Kier molecular flexibility index (Phi) is 4.05. The third kappa shape index (κ3) is 2.71. The summed E-state index contributed by atoms with van der Waals surface area (Å²) in [5.41, 5.74) is 8.78. The van der Waals surface area contributed by atoms with Crippen LogP contribution >= 0.6 is 11.3 Å². The maximum absolute atomic E-state index is 5.47. The third-order valence-electron chi connectivity index (χ3n) is 3.42. The van der Waals surface area contributed by atoms with Crippen molar-refractivity contribution in [1.29, 1.82) is 0 Å². The Hall–Kier alpha value is -2.09. The van der Waals surface area contributed by atoms with Crippen molar-refractivity contribution in [2.75, 3.05) is 6.54 Å². The molecule has 0 atom stereocenters. The van der Waals surface area contributed by atoms with E-state index in [1.165, 1.54) is 10.4 Å². The molecule has 1 aromatic carbocycles. The smallest absolute Gasteiger partial charge is 0.109 e. The van der Waals surface area contributed by atoms with E-state index >= 15 is 0 Å². The summed E-state index contributed by atoms with van der Waals surface area (Å²) >= 11 is 1.73. The van der Waals surface area contributed by atoms with Crippen LogP contribution in [0.1, 0.15) is 23.2 Å². The average Bonchev–Trinajstić information content (AvgIpc) is 3.10. The zero-order chi connectivity index (χ0) is 14.7. The van der Waals surface area contributed by atoms with Crippen LogP contribution in [0.3, 0.4) is 0 Å². The summed E-state index contributed by atoms with van der Waals surface area (Å²) in [6, 6.07) is 10.3. The van der Waals surface area contributed by atoms with E-state index in [4.69, 9.17) is 10.7 Å². The predicted octanol–water partition coefficient (Wildman–Crippen LogP) is 3.02. The van der Waals surface area contributed by atoms with Crippen LogP contribution in [0.15, 0.2) is 35.7 Å². The second-order valence-electron chi connectivity index (χ2n) is 4.72. The number of rotatable bonds is 3. The number of nitrogens with zero attached hydrogens (tertiary/aromatic N) is 2. The highest BCUT2D eigenvalue weighted by atomic mass is 32.1. The molecule has 3 rings (SSSR count). The van der Waals surface area contributed by atoms with Gasteiger partial charge in [0.25, 0.3) is 0 Å². The summed E-state index contributed by atoms with van der Waals surface area (Å²) in [5.74, 6) is 7.20. The van der Waals surface area contributed by atoms with Crippen molar-refractivity contribution in [3.8, 4) is 11.8 Å². The van der Waals surface area contributed by atoms with Crippen molar-refractivity contribution in [2.45, 2.75) is 19.9 Å². The SMILES string of the molecule is CCc1nc2ccccc2n1Cc1sccc1C#CCN. The summed E-state index contributed by atoms with van der Waals surface area (Å²) in [7, 11) is 0. The molecular weight excluding hydrogens is 278 g/mol. The molecule has 0 radical (unpaired) electrons. The molecule has 0 aliphatic heterocycles. The quantitative estimate of drug-likeness (QED) is 0.755. The van der Waals surface area contributed by atoms with E-state index in [0.717, 1.165) is 29.9 Å². The minimum atomic E-state index is 0.392. The highest BCUT2D eigenvalue weighted by molar-refractivity contribution is 7.10. The average molecular weight is 295 g/mol. The van der Waals surface area contributed by atoms with Gasteiger partial charge in [-0.1, -0.05) is 30.9 Å². The predicted molar refractivity (Wildman–Crippen MR) is 88.5 cm³/mol. The van der Waals surface area contributed by atoms with E-state index < -0.39 is 0 Å². The van der Waals surface area contributed by atoms with E-state index in [1.807, 2.05) is 6.07 Å². The zero-order valence-corrected chi connectivity index (χ0v) is 12.8. The highest BCUT2D eigenvalue weighted by Gasteiger charge is 2.11. The first-order valence-electron chi connectivity index (χ1n) is 7.03. The molecule has 0 aliphatic carbocycles. The van der Waals surface area contributed by atoms with Crippen molar-refractivity contribution < 1.29 is 0 Å². The van der Waals surface area contributed by atoms with Crippen molar-refractivity contribution >= 4 is 22.4 Å². The summed E-state index contributed by atoms with van der Waals surface area (Å²) < 4.78 is 2.29. The summed E-state index contributed by atoms with van der Waals surface area (Å²) in [6.45, 7) is 3.35. The molecule has 0 unspecified atom stereocenters.